The number of fused-ring (bicyclic) bond motifs is 1. The van der Waals surface area contributed by atoms with Gasteiger partial charge in [0.25, 0.3) is 0 Å². The number of nitrogens with one attached hydrogen (secondary N) is 1. The van der Waals surface area contributed by atoms with Crippen LogP contribution in [0.25, 0.3) is 0 Å². The largest absolute Gasteiger partial charge is 0.332 e. The second-order valence-corrected chi connectivity index (χ2v) is 4.63. The highest BCUT2D eigenvalue weighted by molar-refractivity contribution is 6.18. The molecule has 2 rings (SSSR count). The maximum Gasteiger partial charge on any atom is 0.0914 e. The summed E-state index contributed by atoms with van der Waals surface area (Å²) in [4.78, 5) is 1.86. The fourth-order valence-electron chi connectivity index (χ4n) is 2.96. The summed E-state index contributed by atoms with van der Waals surface area (Å²) in [6, 6.07) is 0.921. The molecule has 1 N–H and O–H groups in total. The molecule has 2 saturated heterocycles. The highest BCUT2D eigenvalue weighted by Crippen LogP contribution is 2.20. The first kappa shape index (κ1) is 8.83. The monoisotopic (exact) mass is 188 g/mol. The summed E-state index contributed by atoms with van der Waals surface area (Å²) in [5.74, 6) is 1.73. The molecule has 0 spiro atoms. The topological polar surface area (TPSA) is 4.44 Å². The smallest absolute Gasteiger partial charge is 0.0914 e. The molecule has 2 heteroatoms. The van der Waals surface area contributed by atoms with Crippen molar-refractivity contribution in [3.05, 3.63) is 0 Å². The quantitative estimate of drug-likeness (QED) is 0.588. The van der Waals surface area contributed by atoms with Gasteiger partial charge in [0.05, 0.1) is 19.1 Å². The summed E-state index contributed by atoms with van der Waals surface area (Å²) >= 11 is 5.99. The highest BCUT2D eigenvalue weighted by Gasteiger charge is 2.35. The fourth-order valence-corrected chi connectivity index (χ4v) is 3.33. The summed E-state index contributed by atoms with van der Waals surface area (Å²) in [6.45, 7) is 2.83. The van der Waals surface area contributed by atoms with Gasteiger partial charge in [0, 0.05) is 11.8 Å². The average molecular weight is 189 g/mol. The van der Waals surface area contributed by atoms with Crippen molar-refractivity contribution in [1.29, 1.82) is 0 Å². The van der Waals surface area contributed by atoms with Gasteiger partial charge in [0.1, 0.15) is 0 Å². The van der Waals surface area contributed by atoms with Gasteiger partial charge in [-0.1, -0.05) is 0 Å². The second kappa shape index (κ2) is 3.97. The van der Waals surface area contributed by atoms with Gasteiger partial charge in [-0.15, -0.1) is 11.6 Å². The molecule has 1 unspecified atom stereocenters. The van der Waals surface area contributed by atoms with E-state index in [0.29, 0.717) is 0 Å². The zero-order valence-corrected chi connectivity index (χ0v) is 8.45. The van der Waals surface area contributed by atoms with Crippen LogP contribution in [-0.2, 0) is 0 Å². The van der Waals surface area contributed by atoms with Crippen LogP contribution in [0.1, 0.15) is 32.1 Å². The Morgan fingerprint density at radius 3 is 2.75 bits per heavy atom. The maximum absolute atomic E-state index is 5.99. The van der Waals surface area contributed by atoms with E-state index in [0.717, 1.165) is 17.8 Å². The van der Waals surface area contributed by atoms with Crippen LogP contribution in [0.3, 0.4) is 0 Å². The predicted molar refractivity (Wildman–Crippen MR) is 51.8 cm³/mol. The van der Waals surface area contributed by atoms with E-state index in [4.69, 9.17) is 11.6 Å². The molecule has 2 heterocycles. The Hall–Kier alpha value is 0.250. The van der Waals surface area contributed by atoms with Gasteiger partial charge < -0.3 is 4.90 Å². The molecule has 2 aliphatic rings. The Morgan fingerprint density at radius 1 is 1.08 bits per heavy atom. The van der Waals surface area contributed by atoms with Crippen molar-refractivity contribution in [2.75, 3.05) is 19.0 Å². The minimum absolute atomic E-state index is 0.829. The van der Waals surface area contributed by atoms with E-state index in [9.17, 15) is 0 Å². The lowest BCUT2D eigenvalue weighted by Crippen LogP contribution is -3.18. The van der Waals surface area contributed by atoms with Gasteiger partial charge in [0.15, 0.2) is 0 Å². The van der Waals surface area contributed by atoms with Gasteiger partial charge in [-0.2, -0.15) is 0 Å². The van der Waals surface area contributed by atoms with Crippen LogP contribution >= 0.6 is 11.6 Å². The minimum Gasteiger partial charge on any atom is -0.332 e. The molecule has 2 fully saturated rings. The average Bonchev–Trinajstić information content (AvgIpc) is 2.17. The molecular formula is C10H19ClN+. The SMILES string of the molecule is ClC[C@@H]1CCC[NH+]2CCCC[C@H]12. The van der Waals surface area contributed by atoms with Crippen LogP contribution in [0.4, 0.5) is 0 Å². The van der Waals surface area contributed by atoms with Gasteiger partial charge in [-0.3, -0.25) is 0 Å². The number of halogens is 1. The molecule has 2 aliphatic heterocycles. The Balaban J connectivity index is 1.99. The molecule has 0 aromatic carbocycles. The van der Waals surface area contributed by atoms with E-state index in [1.165, 1.54) is 45.2 Å². The van der Waals surface area contributed by atoms with Crippen molar-refractivity contribution in [2.24, 2.45) is 5.92 Å². The first-order valence-electron chi connectivity index (χ1n) is 5.32. The van der Waals surface area contributed by atoms with E-state index in [-0.39, 0.29) is 0 Å². The molecule has 70 valence electrons. The van der Waals surface area contributed by atoms with Crippen molar-refractivity contribution in [3.8, 4) is 0 Å². The van der Waals surface area contributed by atoms with Crippen molar-refractivity contribution in [1.82, 2.24) is 0 Å². The summed E-state index contributed by atoms with van der Waals surface area (Å²) in [5, 5.41) is 0. The van der Waals surface area contributed by atoms with E-state index < -0.39 is 0 Å². The standard InChI is InChI=1S/C10H18ClN/c11-8-9-4-3-7-12-6-2-1-5-10(9)12/h9-10H,1-8H2/p+1/t9-,10+/m0/s1. The lowest BCUT2D eigenvalue weighted by atomic mass is 9.85. The maximum atomic E-state index is 5.99. The molecule has 0 aliphatic carbocycles. The van der Waals surface area contributed by atoms with Gasteiger partial charge in [-0.25, -0.2) is 0 Å². The molecule has 1 nitrogen and oxygen atoms in total. The number of hydrogen-bond donors (Lipinski definition) is 1. The molecule has 0 aromatic rings. The summed E-state index contributed by atoms with van der Waals surface area (Å²) in [6.07, 6.45) is 7.12. The highest BCUT2D eigenvalue weighted by atomic mass is 35.5. The number of rotatable bonds is 1. The number of alkyl halides is 1. The third-order valence-electron chi connectivity index (χ3n) is 3.63. The number of piperidine rings is 2. The van der Waals surface area contributed by atoms with E-state index in [1.54, 1.807) is 0 Å². The Labute approximate surface area is 80.1 Å². The zero-order valence-electron chi connectivity index (χ0n) is 7.69. The van der Waals surface area contributed by atoms with Crippen LogP contribution < -0.4 is 4.90 Å². The molecule has 0 saturated carbocycles. The lowest BCUT2D eigenvalue weighted by molar-refractivity contribution is -0.939. The van der Waals surface area contributed by atoms with Gasteiger partial charge >= 0.3 is 0 Å². The van der Waals surface area contributed by atoms with E-state index >= 15 is 0 Å². The van der Waals surface area contributed by atoms with Crippen LogP contribution in [0.15, 0.2) is 0 Å². The van der Waals surface area contributed by atoms with Crippen LogP contribution in [-0.4, -0.2) is 25.0 Å². The molecule has 12 heavy (non-hydrogen) atoms. The Bertz CT molecular complexity index is 140. The van der Waals surface area contributed by atoms with Crippen LogP contribution in [0.2, 0.25) is 0 Å². The van der Waals surface area contributed by atoms with Crippen molar-refractivity contribution < 1.29 is 4.90 Å². The van der Waals surface area contributed by atoms with E-state index in [1.807, 2.05) is 4.90 Å². The van der Waals surface area contributed by atoms with Gasteiger partial charge in [0.2, 0.25) is 0 Å². The molecular weight excluding hydrogens is 170 g/mol. The summed E-state index contributed by atoms with van der Waals surface area (Å²) in [5.41, 5.74) is 0. The predicted octanol–water partition coefficient (Wildman–Crippen LogP) is 1.07. The van der Waals surface area contributed by atoms with Crippen molar-refractivity contribution in [2.45, 2.75) is 38.1 Å². The number of quaternary nitrogens is 1. The molecule has 0 radical (unpaired) electrons. The second-order valence-electron chi connectivity index (χ2n) is 4.32. The minimum atomic E-state index is 0.829. The van der Waals surface area contributed by atoms with Crippen molar-refractivity contribution >= 4 is 11.6 Å². The Kier molecular flexibility index (Phi) is 2.92. The molecule has 0 bridgehead atoms. The zero-order chi connectivity index (χ0) is 8.39. The summed E-state index contributed by atoms with van der Waals surface area (Å²) in [7, 11) is 0. The molecule has 3 atom stereocenters. The normalized spacial score (nSPS) is 42.2. The lowest BCUT2D eigenvalue weighted by Gasteiger charge is -2.40. The first-order chi connectivity index (χ1) is 5.92. The number of hydrogen-bond acceptors (Lipinski definition) is 0. The summed E-state index contributed by atoms with van der Waals surface area (Å²) < 4.78 is 0. The third kappa shape index (κ3) is 1.62. The first-order valence-corrected chi connectivity index (χ1v) is 5.86. The molecule has 0 amide bonds. The third-order valence-corrected chi connectivity index (χ3v) is 4.02. The van der Waals surface area contributed by atoms with E-state index in [2.05, 4.69) is 0 Å². The van der Waals surface area contributed by atoms with Crippen LogP contribution in [0, 0.1) is 5.92 Å². The van der Waals surface area contributed by atoms with Gasteiger partial charge in [-0.05, 0) is 32.1 Å². The van der Waals surface area contributed by atoms with Crippen LogP contribution in [0.5, 0.6) is 0 Å². The van der Waals surface area contributed by atoms with Crippen molar-refractivity contribution in [3.63, 3.8) is 0 Å². The fraction of sp³-hybridized carbons (Fsp3) is 1.00. The molecule has 0 aromatic heterocycles. The Morgan fingerprint density at radius 2 is 1.92 bits per heavy atom.